The van der Waals surface area contributed by atoms with Crippen molar-refractivity contribution in [1.82, 2.24) is 0 Å². The Balaban J connectivity index is 1.94. The molecule has 3 nitrogen and oxygen atoms in total. The number of ether oxygens (including phenoxy) is 1. The Labute approximate surface area is 135 Å². The molecule has 3 heteroatoms. The zero-order valence-corrected chi connectivity index (χ0v) is 14.8. The third-order valence-electron chi connectivity index (χ3n) is 5.11. The fourth-order valence-corrected chi connectivity index (χ4v) is 3.93. The number of piperidine rings is 1. The molecule has 0 bridgehead atoms. The van der Waals surface area contributed by atoms with Crippen LogP contribution >= 0.6 is 0 Å². The van der Waals surface area contributed by atoms with Crippen LogP contribution in [0.25, 0.3) is 0 Å². The maximum atomic E-state index is 10.5. The largest absolute Gasteiger partial charge is 0.491 e. The van der Waals surface area contributed by atoms with Crippen molar-refractivity contribution in [3.63, 3.8) is 0 Å². The van der Waals surface area contributed by atoms with Crippen LogP contribution in [0.3, 0.4) is 0 Å². The summed E-state index contributed by atoms with van der Waals surface area (Å²) < 4.78 is 5.76. The molecule has 0 radical (unpaired) electrons. The number of nitrogens with one attached hydrogen (secondary N) is 1. The van der Waals surface area contributed by atoms with Crippen LogP contribution in [-0.4, -0.2) is 35.4 Å². The van der Waals surface area contributed by atoms with E-state index in [1.54, 1.807) is 0 Å². The molecule has 0 aromatic heterocycles. The monoisotopic (exact) mass is 306 g/mol. The molecule has 0 unspecified atom stereocenters. The molecular weight excluding hydrogens is 274 g/mol. The Morgan fingerprint density at radius 2 is 1.82 bits per heavy atom. The third-order valence-corrected chi connectivity index (χ3v) is 5.11. The Morgan fingerprint density at radius 3 is 2.41 bits per heavy atom. The first-order chi connectivity index (χ1) is 10.2. The molecule has 2 N–H and O–H groups in total. The van der Waals surface area contributed by atoms with Gasteiger partial charge in [0.2, 0.25) is 0 Å². The van der Waals surface area contributed by atoms with E-state index in [2.05, 4.69) is 27.7 Å². The fraction of sp³-hybridized carbons (Fsp3) is 0.684. The first-order valence-electron chi connectivity index (χ1n) is 8.45. The zero-order valence-electron chi connectivity index (χ0n) is 14.8. The van der Waals surface area contributed by atoms with Gasteiger partial charge in [0.1, 0.15) is 25.0 Å². The summed E-state index contributed by atoms with van der Waals surface area (Å²) in [6.07, 6.45) is 3.28. The van der Waals surface area contributed by atoms with Crippen molar-refractivity contribution in [2.45, 2.75) is 71.1 Å². The summed E-state index contributed by atoms with van der Waals surface area (Å²) >= 11 is 0. The van der Waals surface area contributed by atoms with Gasteiger partial charge in [-0.1, -0.05) is 12.1 Å². The Hall–Kier alpha value is -1.06. The number of benzene rings is 1. The quantitative estimate of drug-likeness (QED) is 0.876. The maximum Gasteiger partial charge on any atom is 0.137 e. The number of aliphatic hydroxyl groups excluding tert-OH is 1. The zero-order chi connectivity index (χ0) is 16.4. The first-order valence-corrected chi connectivity index (χ1v) is 8.45. The lowest BCUT2D eigenvalue weighted by molar-refractivity contribution is -1.00. The number of hydrogen-bond acceptors (Lipinski definition) is 2. The van der Waals surface area contributed by atoms with Crippen molar-refractivity contribution >= 4 is 0 Å². The second kappa shape index (κ2) is 6.59. The molecule has 2 rings (SSSR count). The lowest BCUT2D eigenvalue weighted by atomic mass is 9.79. The third kappa shape index (κ3) is 4.23. The number of quaternary nitrogens is 1. The van der Waals surface area contributed by atoms with Gasteiger partial charge in [0, 0.05) is 12.8 Å². The van der Waals surface area contributed by atoms with Gasteiger partial charge in [-0.15, -0.1) is 0 Å². The van der Waals surface area contributed by atoms with Gasteiger partial charge in [-0.2, -0.15) is 0 Å². The molecule has 22 heavy (non-hydrogen) atoms. The maximum absolute atomic E-state index is 10.5. The van der Waals surface area contributed by atoms with Crippen LogP contribution in [0.1, 0.15) is 52.5 Å². The van der Waals surface area contributed by atoms with E-state index < -0.39 is 6.10 Å². The minimum absolute atomic E-state index is 0.214. The molecule has 0 aliphatic carbocycles. The lowest BCUT2D eigenvalue weighted by Gasteiger charge is -2.50. The summed E-state index contributed by atoms with van der Waals surface area (Å²) in [6, 6.07) is 7.99. The minimum Gasteiger partial charge on any atom is -0.491 e. The van der Waals surface area contributed by atoms with E-state index in [-0.39, 0.29) is 11.1 Å². The predicted octanol–water partition coefficient (Wildman–Crippen LogP) is 2.36. The van der Waals surface area contributed by atoms with E-state index >= 15 is 0 Å². The van der Waals surface area contributed by atoms with Gasteiger partial charge >= 0.3 is 0 Å². The normalized spacial score (nSPS) is 22.3. The average Bonchev–Trinajstić information content (AvgIpc) is 2.40. The fourth-order valence-electron chi connectivity index (χ4n) is 3.93. The summed E-state index contributed by atoms with van der Waals surface area (Å²) in [5.41, 5.74) is 1.61. The van der Waals surface area contributed by atoms with Crippen LogP contribution in [-0.2, 0) is 0 Å². The van der Waals surface area contributed by atoms with E-state index in [9.17, 15) is 5.11 Å². The summed E-state index contributed by atoms with van der Waals surface area (Å²) in [4.78, 5) is 1.49. The number of aliphatic hydroxyl groups is 1. The van der Waals surface area contributed by atoms with Crippen molar-refractivity contribution in [2.24, 2.45) is 0 Å². The van der Waals surface area contributed by atoms with Crippen LogP contribution in [0.4, 0.5) is 0 Å². The predicted molar refractivity (Wildman–Crippen MR) is 90.5 cm³/mol. The molecule has 1 fully saturated rings. The Morgan fingerprint density at radius 1 is 1.18 bits per heavy atom. The van der Waals surface area contributed by atoms with Gasteiger partial charge in [0.15, 0.2) is 0 Å². The van der Waals surface area contributed by atoms with E-state index in [1.807, 2.05) is 31.2 Å². The topological polar surface area (TPSA) is 33.9 Å². The van der Waals surface area contributed by atoms with Gasteiger partial charge in [-0.3, -0.25) is 0 Å². The summed E-state index contributed by atoms with van der Waals surface area (Å²) in [5.74, 6) is 0.839. The average molecular weight is 306 g/mol. The molecule has 1 heterocycles. The van der Waals surface area contributed by atoms with Crippen LogP contribution < -0.4 is 9.64 Å². The molecule has 1 aromatic carbocycles. The molecule has 1 aliphatic heterocycles. The highest BCUT2D eigenvalue weighted by Gasteiger charge is 2.45. The van der Waals surface area contributed by atoms with Gasteiger partial charge in [-0.25, -0.2) is 0 Å². The van der Waals surface area contributed by atoms with E-state index in [1.165, 1.54) is 29.7 Å². The number of aryl methyl sites for hydroxylation is 1. The van der Waals surface area contributed by atoms with Crippen LogP contribution in [0.5, 0.6) is 5.75 Å². The molecule has 0 spiro atoms. The van der Waals surface area contributed by atoms with Crippen molar-refractivity contribution < 1.29 is 14.7 Å². The standard InChI is InChI=1S/C19H31NO2/c1-15-8-6-9-17(12-15)22-14-16(21)13-20-18(2,3)10-7-11-19(20,4)5/h6,8-9,12,16,21H,7,10-11,13-14H2,1-5H3/p+1/t16-/m0/s1. The molecule has 124 valence electrons. The number of likely N-dealkylation sites (tertiary alicyclic amines) is 1. The molecule has 0 amide bonds. The molecule has 1 atom stereocenters. The van der Waals surface area contributed by atoms with Crippen molar-refractivity contribution in [2.75, 3.05) is 13.2 Å². The van der Waals surface area contributed by atoms with Crippen molar-refractivity contribution in [3.8, 4) is 5.75 Å². The van der Waals surface area contributed by atoms with E-state index in [4.69, 9.17) is 4.74 Å². The minimum atomic E-state index is -0.438. The Kier molecular flexibility index (Phi) is 5.18. The molecule has 1 saturated heterocycles. The highest BCUT2D eigenvalue weighted by molar-refractivity contribution is 5.27. The Bertz CT molecular complexity index is 480. The second-order valence-electron chi connectivity index (χ2n) is 8.09. The van der Waals surface area contributed by atoms with Crippen molar-refractivity contribution in [1.29, 1.82) is 0 Å². The summed E-state index contributed by atoms with van der Waals surface area (Å²) in [5, 5.41) is 10.5. The number of rotatable bonds is 5. The van der Waals surface area contributed by atoms with Crippen LogP contribution in [0, 0.1) is 6.92 Å². The SMILES string of the molecule is Cc1cccc(OC[C@@H](O)C[NH+]2C(C)(C)CCCC2(C)C)c1. The van der Waals surface area contributed by atoms with Crippen LogP contribution in [0.2, 0.25) is 0 Å². The van der Waals surface area contributed by atoms with Gasteiger partial charge in [0.25, 0.3) is 0 Å². The van der Waals surface area contributed by atoms with Gasteiger partial charge < -0.3 is 14.7 Å². The smallest absolute Gasteiger partial charge is 0.137 e. The lowest BCUT2D eigenvalue weighted by Crippen LogP contribution is -3.27. The summed E-state index contributed by atoms with van der Waals surface area (Å²) in [6.45, 7) is 12.4. The van der Waals surface area contributed by atoms with Crippen molar-refractivity contribution in [3.05, 3.63) is 29.8 Å². The number of hydrogen-bond donors (Lipinski definition) is 2. The van der Waals surface area contributed by atoms with Gasteiger partial charge in [0.05, 0.1) is 11.1 Å². The second-order valence-corrected chi connectivity index (χ2v) is 8.09. The first kappa shape index (κ1) is 17.3. The molecule has 1 aromatic rings. The summed E-state index contributed by atoms with van der Waals surface area (Å²) in [7, 11) is 0. The molecule has 0 saturated carbocycles. The van der Waals surface area contributed by atoms with E-state index in [0.717, 1.165) is 12.3 Å². The molecule has 1 aliphatic rings. The van der Waals surface area contributed by atoms with E-state index in [0.29, 0.717) is 6.61 Å². The van der Waals surface area contributed by atoms with Gasteiger partial charge in [-0.05, 0) is 58.7 Å². The molecular formula is C19H32NO2+. The highest BCUT2D eigenvalue weighted by Crippen LogP contribution is 2.23. The van der Waals surface area contributed by atoms with Crippen LogP contribution in [0.15, 0.2) is 24.3 Å². The highest BCUT2D eigenvalue weighted by atomic mass is 16.5.